The number of thioether (sulfide) groups is 1. The van der Waals surface area contributed by atoms with Crippen LogP contribution in [0.3, 0.4) is 0 Å². The van der Waals surface area contributed by atoms with Crippen molar-refractivity contribution in [1.29, 1.82) is 0 Å². The van der Waals surface area contributed by atoms with E-state index in [1.165, 1.54) is 11.8 Å². The number of hydrogen-bond donors (Lipinski definition) is 0. The van der Waals surface area contributed by atoms with Crippen LogP contribution in [-0.2, 0) is 16.1 Å². The van der Waals surface area contributed by atoms with E-state index in [1.807, 2.05) is 35.4 Å². The summed E-state index contributed by atoms with van der Waals surface area (Å²) < 4.78 is 13.3. The fourth-order valence-electron chi connectivity index (χ4n) is 2.93. The van der Waals surface area contributed by atoms with Crippen molar-refractivity contribution in [2.24, 2.45) is 0 Å². The lowest BCUT2D eigenvalue weighted by atomic mass is 10.2. The fourth-order valence-corrected chi connectivity index (χ4v) is 3.78. The van der Waals surface area contributed by atoms with Crippen molar-refractivity contribution in [3.63, 3.8) is 0 Å². The molecule has 3 heterocycles. The fraction of sp³-hybridized carbons (Fsp3) is 0.588. The molecule has 0 unspecified atom stereocenters. The summed E-state index contributed by atoms with van der Waals surface area (Å²) in [6.45, 7) is 6.88. The van der Waals surface area contributed by atoms with Gasteiger partial charge in [0.1, 0.15) is 0 Å². The second-order valence-corrected chi connectivity index (χ2v) is 6.83. The largest absolute Gasteiger partial charge is 0.461 e. The molecule has 1 aliphatic heterocycles. The average Bonchev–Trinajstić information content (AvgIpc) is 3.37. The van der Waals surface area contributed by atoms with Gasteiger partial charge < -0.3 is 14.1 Å². The molecule has 2 aromatic rings. The van der Waals surface area contributed by atoms with Crippen LogP contribution in [0.2, 0.25) is 0 Å². The van der Waals surface area contributed by atoms with Crippen molar-refractivity contribution < 1.29 is 13.9 Å². The van der Waals surface area contributed by atoms with E-state index in [9.17, 15) is 4.79 Å². The van der Waals surface area contributed by atoms with Crippen LogP contribution in [-0.4, -0.2) is 57.1 Å². The van der Waals surface area contributed by atoms with Gasteiger partial charge in [0, 0.05) is 19.7 Å². The van der Waals surface area contributed by atoms with Gasteiger partial charge in [-0.3, -0.25) is 9.36 Å². The predicted molar refractivity (Wildman–Crippen MR) is 95.4 cm³/mol. The van der Waals surface area contributed by atoms with Crippen LogP contribution in [0.15, 0.2) is 28.0 Å². The molecule has 1 fully saturated rings. The molecule has 3 rings (SSSR count). The Labute approximate surface area is 151 Å². The van der Waals surface area contributed by atoms with Gasteiger partial charge in [-0.1, -0.05) is 11.8 Å². The van der Waals surface area contributed by atoms with Gasteiger partial charge in [-0.05, 0) is 38.8 Å². The number of carbonyl (C=O) groups excluding carboxylic acids is 1. The van der Waals surface area contributed by atoms with E-state index in [0.717, 1.165) is 37.7 Å². The van der Waals surface area contributed by atoms with E-state index < -0.39 is 0 Å². The molecule has 0 spiro atoms. The number of rotatable bonds is 8. The molecule has 1 saturated heterocycles. The minimum Gasteiger partial charge on any atom is -0.461 e. The topological polar surface area (TPSA) is 73.4 Å². The van der Waals surface area contributed by atoms with Crippen LogP contribution in [0.1, 0.15) is 26.7 Å². The molecule has 136 valence electrons. The molecule has 0 N–H and O–H groups in total. The number of ether oxygens (including phenoxy) is 1. The van der Waals surface area contributed by atoms with Gasteiger partial charge in [0.25, 0.3) is 0 Å². The molecule has 1 amide bonds. The van der Waals surface area contributed by atoms with Crippen molar-refractivity contribution in [2.45, 2.75) is 44.5 Å². The number of hydrogen-bond acceptors (Lipinski definition) is 6. The molecular formula is C17H24N4O3S. The van der Waals surface area contributed by atoms with Crippen molar-refractivity contribution >= 4 is 17.7 Å². The first-order valence-electron chi connectivity index (χ1n) is 8.72. The van der Waals surface area contributed by atoms with E-state index in [4.69, 9.17) is 9.15 Å². The van der Waals surface area contributed by atoms with E-state index in [2.05, 4.69) is 10.2 Å². The van der Waals surface area contributed by atoms with Crippen LogP contribution in [0, 0.1) is 0 Å². The minimum absolute atomic E-state index is 0.112. The molecule has 7 nitrogen and oxygen atoms in total. The van der Waals surface area contributed by atoms with Gasteiger partial charge >= 0.3 is 0 Å². The monoisotopic (exact) mass is 364 g/mol. The second-order valence-electron chi connectivity index (χ2n) is 5.88. The van der Waals surface area contributed by atoms with Gasteiger partial charge in [0.05, 0.1) is 24.7 Å². The highest BCUT2D eigenvalue weighted by molar-refractivity contribution is 7.99. The van der Waals surface area contributed by atoms with Gasteiger partial charge in [0.2, 0.25) is 11.7 Å². The Morgan fingerprint density at radius 1 is 1.40 bits per heavy atom. The summed E-state index contributed by atoms with van der Waals surface area (Å²) in [5, 5.41) is 9.29. The summed E-state index contributed by atoms with van der Waals surface area (Å²) in [7, 11) is 0. The van der Waals surface area contributed by atoms with Gasteiger partial charge in [-0.2, -0.15) is 0 Å². The van der Waals surface area contributed by atoms with E-state index >= 15 is 0 Å². The standard InChI is InChI=1S/C17H24N4O3S/c1-3-20(4-2)15(22)12-25-17-19-18-16(14-8-6-10-24-14)21(17)11-13-7-5-9-23-13/h6,8,10,13H,3-5,7,9,11-12H2,1-2H3/t13-/m1/s1. The molecule has 25 heavy (non-hydrogen) atoms. The maximum atomic E-state index is 12.3. The lowest BCUT2D eigenvalue weighted by Gasteiger charge is -2.18. The number of aromatic nitrogens is 3. The van der Waals surface area contributed by atoms with Gasteiger partial charge in [0.15, 0.2) is 10.9 Å². The van der Waals surface area contributed by atoms with E-state index in [-0.39, 0.29) is 12.0 Å². The summed E-state index contributed by atoms with van der Waals surface area (Å²) in [6.07, 6.45) is 3.88. The van der Waals surface area contributed by atoms with Crippen LogP contribution < -0.4 is 0 Å². The Morgan fingerprint density at radius 2 is 2.24 bits per heavy atom. The number of amides is 1. The first-order valence-corrected chi connectivity index (χ1v) is 9.70. The Balaban J connectivity index is 1.77. The van der Waals surface area contributed by atoms with Gasteiger partial charge in [-0.25, -0.2) is 0 Å². The maximum Gasteiger partial charge on any atom is 0.233 e. The SMILES string of the molecule is CCN(CC)C(=O)CSc1nnc(-c2ccco2)n1C[C@H]1CCCO1. The molecule has 0 aromatic carbocycles. The number of furan rings is 1. The average molecular weight is 364 g/mol. The van der Waals surface area contributed by atoms with Crippen LogP contribution in [0.4, 0.5) is 0 Å². The molecule has 0 aliphatic carbocycles. The van der Waals surface area contributed by atoms with Crippen LogP contribution in [0.25, 0.3) is 11.6 Å². The first-order chi connectivity index (χ1) is 12.2. The molecule has 1 atom stereocenters. The molecule has 1 aliphatic rings. The van der Waals surface area contributed by atoms with Crippen LogP contribution >= 0.6 is 11.8 Å². The maximum absolute atomic E-state index is 12.3. The normalized spacial score (nSPS) is 17.1. The highest BCUT2D eigenvalue weighted by atomic mass is 32.2. The number of nitrogens with zero attached hydrogens (tertiary/aromatic N) is 4. The predicted octanol–water partition coefficient (Wildman–Crippen LogP) is 2.68. The van der Waals surface area contributed by atoms with E-state index in [0.29, 0.717) is 23.9 Å². The van der Waals surface area contributed by atoms with Crippen molar-refractivity contribution in [1.82, 2.24) is 19.7 Å². The van der Waals surface area contributed by atoms with Crippen molar-refractivity contribution in [3.8, 4) is 11.6 Å². The van der Waals surface area contributed by atoms with E-state index in [1.54, 1.807) is 6.26 Å². The lowest BCUT2D eigenvalue weighted by molar-refractivity contribution is -0.127. The smallest absolute Gasteiger partial charge is 0.233 e. The quantitative estimate of drug-likeness (QED) is 0.671. The summed E-state index contributed by atoms with van der Waals surface area (Å²) in [6, 6.07) is 3.70. The molecule has 0 saturated carbocycles. The van der Waals surface area contributed by atoms with Crippen molar-refractivity contribution in [3.05, 3.63) is 18.4 Å². The third-order valence-electron chi connectivity index (χ3n) is 4.31. The van der Waals surface area contributed by atoms with Crippen LogP contribution in [0.5, 0.6) is 0 Å². The minimum atomic E-state index is 0.112. The van der Waals surface area contributed by atoms with Gasteiger partial charge in [-0.15, -0.1) is 10.2 Å². The molecular weight excluding hydrogens is 340 g/mol. The zero-order valence-corrected chi connectivity index (χ0v) is 15.5. The number of carbonyl (C=O) groups is 1. The summed E-state index contributed by atoms with van der Waals surface area (Å²) in [4.78, 5) is 14.1. The molecule has 0 bridgehead atoms. The molecule has 2 aromatic heterocycles. The summed E-state index contributed by atoms with van der Waals surface area (Å²) in [5.41, 5.74) is 0. The Kier molecular flexibility index (Phi) is 6.14. The lowest BCUT2D eigenvalue weighted by Crippen LogP contribution is -2.32. The third kappa shape index (κ3) is 4.24. The molecule has 8 heteroatoms. The highest BCUT2D eigenvalue weighted by Crippen LogP contribution is 2.27. The molecule has 0 radical (unpaired) electrons. The summed E-state index contributed by atoms with van der Waals surface area (Å²) >= 11 is 1.42. The Hall–Kier alpha value is -1.80. The zero-order valence-electron chi connectivity index (χ0n) is 14.7. The second kappa shape index (κ2) is 8.53. The zero-order chi connectivity index (χ0) is 17.6. The highest BCUT2D eigenvalue weighted by Gasteiger charge is 2.23. The van der Waals surface area contributed by atoms with Crippen molar-refractivity contribution in [2.75, 3.05) is 25.4 Å². The Morgan fingerprint density at radius 3 is 2.88 bits per heavy atom. The Bertz CT molecular complexity index is 676. The summed E-state index contributed by atoms with van der Waals surface area (Å²) in [5.74, 6) is 1.82. The first kappa shape index (κ1) is 18.0. The third-order valence-corrected chi connectivity index (χ3v) is 5.26.